The van der Waals surface area contributed by atoms with Gasteiger partial charge in [0.05, 0.1) is 0 Å². The molecule has 0 spiro atoms. The van der Waals surface area contributed by atoms with E-state index in [2.05, 4.69) is 200 Å². The second-order valence-corrected chi connectivity index (χ2v) is 13.5. The highest BCUT2D eigenvalue weighted by Crippen LogP contribution is 2.35. The fraction of sp³-hybridized carbons (Fsp3) is 0.280. The molecule has 0 aliphatic carbocycles. The van der Waals surface area contributed by atoms with Gasteiger partial charge in [-0.3, -0.25) is 0 Å². The molecule has 0 aliphatic heterocycles. The summed E-state index contributed by atoms with van der Waals surface area (Å²) in [6.07, 6.45) is 5.72. The molecule has 0 fully saturated rings. The third kappa shape index (κ3) is 10.4. The minimum absolute atomic E-state index is 0.302. The van der Waals surface area contributed by atoms with Gasteiger partial charge in [0.25, 0.3) is 0 Å². The van der Waals surface area contributed by atoms with Crippen LogP contribution in [-0.2, 0) is 12.8 Å². The first kappa shape index (κ1) is 38.1. The predicted molar refractivity (Wildman–Crippen MR) is 220 cm³/mol. The first-order valence-electron chi connectivity index (χ1n) is 18.8. The molecular weight excluding hydrogens is 601 g/mol. The fourth-order valence-electron chi connectivity index (χ4n) is 6.50. The van der Waals surface area contributed by atoms with E-state index in [0.29, 0.717) is 11.8 Å². The van der Waals surface area contributed by atoms with Gasteiger partial charge in [-0.05, 0) is 81.0 Å². The first-order chi connectivity index (χ1) is 24.4. The van der Waals surface area contributed by atoms with Crippen molar-refractivity contribution in [3.8, 4) is 11.1 Å². The topological polar surface area (TPSA) is 0 Å². The molecule has 50 heavy (non-hydrogen) atoms. The van der Waals surface area contributed by atoms with Crippen molar-refractivity contribution < 1.29 is 0 Å². The summed E-state index contributed by atoms with van der Waals surface area (Å²) < 4.78 is 0. The third-order valence-corrected chi connectivity index (χ3v) is 9.60. The van der Waals surface area contributed by atoms with Crippen LogP contribution in [0.15, 0.2) is 152 Å². The summed E-state index contributed by atoms with van der Waals surface area (Å²) in [5, 5.41) is 0. The highest BCUT2D eigenvalue weighted by molar-refractivity contribution is 5.63. The average Bonchev–Trinajstić information content (AvgIpc) is 3.17. The maximum atomic E-state index is 2.36. The molecule has 6 aromatic rings. The summed E-state index contributed by atoms with van der Waals surface area (Å²) >= 11 is 0. The lowest BCUT2D eigenvalue weighted by molar-refractivity contribution is 0.866. The molecule has 0 nitrogen and oxygen atoms in total. The lowest BCUT2D eigenvalue weighted by atomic mass is 9.80. The molecule has 2 unspecified atom stereocenters. The Balaban J connectivity index is 0.000000738. The second kappa shape index (κ2) is 20.1. The van der Waals surface area contributed by atoms with E-state index >= 15 is 0 Å². The number of benzene rings is 6. The minimum atomic E-state index is 0.302. The molecule has 0 amide bonds. The molecular formula is C50H58. The smallest absolute Gasteiger partial charge is 0.00639 e. The standard InChI is InChI=1S/C43H40.C4H10.C3H8/c1-31-15-13-23-40(32(2)35-16-7-4-8-17-35)42(31)30-43-39(22-14-24-41(43)33(3)36-18-9-5-10-19-36)29-34-25-27-38(28-26-34)37-20-11-6-12-21-37;1-3-4-2;1-3-2/h4-28,32-33H,29-30H2,1-3H3;3-4H2,1-2H3;3H2,1-2H3. The molecule has 6 aromatic carbocycles. The SMILES string of the molecule is CCC.CCCC.Cc1cccc(C(C)c2ccccc2)c1Cc1c(Cc2ccc(-c3ccccc3)cc2)cccc1C(C)c1ccccc1. The van der Waals surface area contributed by atoms with Gasteiger partial charge in [-0.25, -0.2) is 0 Å². The minimum Gasteiger partial charge on any atom is -0.0656 e. The lowest BCUT2D eigenvalue weighted by Gasteiger charge is -2.24. The van der Waals surface area contributed by atoms with Gasteiger partial charge in [0.15, 0.2) is 0 Å². The quantitative estimate of drug-likeness (QED) is 0.137. The molecule has 0 heteroatoms. The Labute approximate surface area is 304 Å². The highest BCUT2D eigenvalue weighted by Gasteiger charge is 2.20. The molecule has 0 radical (unpaired) electrons. The Hall–Kier alpha value is -4.68. The fourth-order valence-corrected chi connectivity index (χ4v) is 6.50. The van der Waals surface area contributed by atoms with Crippen LogP contribution in [0.5, 0.6) is 0 Å². The van der Waals surface area contributed by atoms with Crippen molar-refractivity contribution in [2.24, 2.45) is 0 Å². The van der Waals surface area contributed by atoms with Crippen molar-refractivity contribution in [3.63, 3.8) is 0 Å². The van der Waals surface area contributed by atoms with Crippen LogP contribution in [0, 0.1) is 6.92 Å². The summed E-state index contributed by atoms with van der Waals surface area (Å²) in [5.41, 5.74) is 15.1. The van der Waals surface area contributed by atoms with Gasteiger partial charge in [-0.1, -0.05) is 212 Å². The Kier molecular flexibility index (Phi) is 15.3. The summed E-state index contributed by atoms with van der Waals surface area (Å²) in [4.78, 5) is 0. The maximum Gasteiger partial charge on any atom is 0.00639 e. The molecule has 0 bridgehead atoms. The number of hydrogen-bond acceptors (Lipinski definition) is 0. The molecule has 6 rings (SSSR count). The van der Waals surface area contributed by atoms with Crippen LogP contribution in [0.1, 0.15) is 123 Å². The number of hydrogen-bond donors (Lipinski definition) is 0. The molecule has 0 saturated carbocycles. The molecule has 0 aliphatic rings. The van der Waals surface area contributed by atoms with E-state index in [-0.39, 0.29) is 0 Å². The van der Waals surface area contributed by atoms with Crippen LogP contribution in [-0.4, -0.2) is 0 Å². The predicted octanol–water partition coefficient (Wildman–Crippen LogP) is 14.4. The van der Waals surface area contributed by atoms with E-state index in [1.807, 2.05) is 0 Å². The number of rotatable bonds is 10. The van der Waals surface area contributed by atoms with E-state index in [4.69, 9.17) is 0 Å². The maximum absolute atomic E-state index is 2.36. The Morgan fingerprint density at radius 3 is 1.36 bits per heavy atom. The van der Waals surface area contributed by atoms with E-state index in [0.717, 1.165) is 12.8 Å². The van der Waals surface area contributed by atoms with Crippen LogP contribution in [0.3, 0.4) is 0 Å². The molecule has 0 N–H and O–H groups in total. The normalized spacial score (nSPS) is 11.7. The molecule has 258 valence electrons. The number of aryl methyl sites for hydroxylation is 1. The zero-order valence-corrected chi connectivity index (χ0v) is 31.6. The van der Waals surface area contributed by atoms with Gasteiger partial charge in [-0.15, -0.1) is 0 Å². The van der Waals surface area contributed by atoms with E-state index in [1.165, 1.54) is 80.5 Å². The van der Waals surface area contributed by atoms with Crippen LogP contribution >= 0.6 is 0 Å². The van der Waals surface area contributed by atoms with Crippen LogP contribution in [0.4, 0.5) is 0 Å². The van der Waals surface area contributed by atoms with Crippen molar-refractivity contribution in [3.05, 3.63) is 202 Å². The van der Waals surface area contributed by atoms with Crippen LogP contribution in [0.2, 0.25) is 0 Å². The Bertz CT molecular complexity index is 1810. The molecule has 0 aromatic heterocycles. The zero-order chi connectivity index (χ0) is 35.7. The monoisotopic (exact) mass is 658 g/mol. The highest BCUT2D eigenvalue weighted by atomic mass is 14.2. The largest absolute Gasteiger partial charge is 0.0656 e. The van der Waals surface area contributed by atoms with E-state index in [1.54, 1.807) is 0 Å². The molecule has 0 saturated heterocycles. The first-order valence-corrected chi connectivity index (χ1v) is 18.8. The van der Waals surface area contributed by atoms with Gasteiger partial charge in [0.1, 0.15) is 0 Å². The van der Waals surface area contributed by atoms with Gasteiger partial charge in [0.2, 0.25) is 0 Å². The molecule has 2 atom stereocenters. The van der Waals surface area contributed by atoms with Crippen molar-refractivity contribution in [1.82, 2.24) is 0 Å². The molecule has 0 heterocycles. The Morgan fingerprint density at radius 1 is 0.420 bits per heavy atom. The Morgan fingerprint density at radius 2 is 0.860 bits per heavy atom. The van der Waals surface area contributed by atoms with Gasteiger partial charge in [0, 0.05) is 11.8 Å². The van der Waals surface area contributed by atoms with Gasteiger partial charge >= 0.3 is 0 Å². The van der Waals surface area contributed by atoms with Gasteiger partial charge < -0.3 is 0 Å². The van der Waals surface area contributed by atoms with Crippen molar-refractivity contribution in [1.29, 1.82) is 0 Å². The summed E-state index contributed by atoms with van der Waals surface area (Å²) in [6, 6.07) is 55.5. The average molecular weight is 659 g/mol. The summed E-state index contributed by atoms with van der Waals surface area (Å²) in [6.45, 7) is 15.6. The van der Waals surface area contributed by atoms with Crippen molar-refractivity contribution >= 4 is 0 Å². The zero-order valence-electron chi connectivity index (χ0n) is 31.6. The van der Waals surface area contributed by atoms with Gasteiger partial charge in [-0.2, -0.15) is 0 Å². The summed E-state index contributed by atoms with van der Waals surface area (Å²) in [7, 11) is 0. The van der Waals surface area contributed by atoms with E-state index < -0.39 is 0 Å². The van der Waals surface area contributed by atoms with Crippen molar-refractivity contribution in [2.45, 2.75) is 92.4 Å². The number of unbranched alkanes of at least 4 members (excludes halogenated alkanes) is 1. The summed E-state index contributed by atoms with van der Waals surface area (Å²) in [5.74, 6) is 0.624. The van der Waals surface area contributed by atoms with E-state index in [9.17, 15) is 0 Å². The second-order valence-electron chi connectivity index (χ2n) is 13.5. The van der Waals surface area contributed by atoms with Crippen LogP contribution in [0.25, 0.3) is 11.1 Å². The van der Waals surface area contributed by atoms with Crippen LogP contribution < -0.4 is 0 Å². The third-order valence-electron chi connectivity index (χ3n) is 9.60. The lowest BCUT2D eigenvalue weighted by Crippen LogP contribution is -2.10. The van der Waals surface area contributed by atoms with Crippen molar-refractivity contribution in [2.75, 3.05) is 0 Å².